The van der Waals surface area contributed by atoms with Crippen molar-refractivity contribution in [2.24, 2.45) is 0 Å². The summed E-state index contributed by atoms with van der Waals surface area (Å²) in [4.78, 5) is 15.9. The number of rotatable bonds is 12. The average molecular weight is 1270 g/mol. The molecule has 0 atom stereocenters. The van der Waals surface area contributed by atoms with Gasteiger partial charge in [-0.05, 0) is 159 Å². The fourth-order valence-electron chi connectivity index (χ4n) is 12.4. The smallest absolute Gasteiger partial charge is 0.501 e. The van der Waals surface area contributed by atoms with Crippen LogP contribution in [0.25, 0.3) is 122 Å². The van der Waals surface area contributed by atoms with Crippen molar-refractivity contribution >= 4 is 65.7 Å². The summed E-state index contributed by atoms with van der Waals surface area (Å²) in [5.41, 5.74) is 20.6. The van der Waals surface area contributed by atoms with Crippen LogP contribution in [0.15, 0.2) is 199 Å². The minimum Gasteiger partial charge on any atom is -0.501 e. The molecule has 0 radical (unpaired) electrons. The van der Waals surface area contributed by atoms with Crippen molar-refractivity contribution in [3.63, 3.8) is 0 Å². The Hall–Kier alpha value is -8.90. The van der Waals surface area contributed by atoms with Crippen LogP contribution in [-0.4, -0.2) is 24.1 Å². The molecule has 84 heavy (non-hydrogen) atoms. The molecule has 0 bridgehead atoms. The van der Waals surface area contributed by atoms with E-state index in [1.807, 2.05) is 19.1 Å². The SMILES string of the molecule is Cc1ccc2c(ccc3cc4c(cc32)oc2c(-c3nc5ccccc5n3-c3c(C(C)C)cc(-c5ccccc5)cc3C(C)C)[c-]c(Oc3[c-]c(-c5nc6ccccc6n5-c5c(C(C)C)cc(-c6ccccc6)cc5C(C)C)ccc3)cc24)n1.[Pt+2]. The zero-order valence-electron chi connectivity index (χ0n) is 48.7. The molecule has 0 aliphatic carbocycles. The largest absolute Gasteiger partial charge is 2.00 e. The van der Waals surface area contributed by atoms with Crippen molar-refractivity contribution in [3.8, 4) is 67.9 Å². The van der Waals surface area contributed by atoms with E-state index >= 15 is 0 Å². The molecule has 4 heterocycles. The van der Waals surface area contributed by atoms with Gasteiger partial charge in [-0.2, -0.15) is 0 Å². The summed E-state index contributed by atoms with van der Waals surface area (Å²) in [6.45, 7) is 20.3. The van der Waals surface area contributed by atoms with Gasteiger partial charge in [0.15, 0.2) is 0 Å². The number of aryl methyl sites for hydroxylation is 1. The van der Waals surface area contributed by atoms with Gasteiger partial charge in [0.2, 0.25) is 0 Å². The van der Waals surface area contributed by atoms with Crippen LogP contribution in [0.5, 0.6) is 11.5 Å². The molecule has 8 heteroatoms. The molecule has 0 N–H and O–H groups in total. The maximum atomic E-state index is 7.21. The number of hydrogen-bond acceptors (Lipinski definition) is 5. The van der Waals surface area contributed by atoms with Crippen molar-refractivity contribution < 1.29 is 30.2 Å². The van der Waals surface area contributed by atoms with E-state index in [1.54, 1.807) is 0 Å². The Morgan fingerprint density at radius 3 is 1.52 bits per heavy atom. The molecule has 0 aliphatic heterocycles. The second-order valence-corrected chi connectivity index (χ2v) is 23.4. The molecule has 0 aliphatic rings. The molecule has 14 rings (SSSR count). The van der Waals surface area contributed by atoms with E-state index < -0.39 is 0 Å². The summed E-state index contributed by atoms with van der Waals surface area (Å²) in [6, 6.07) is 76.4. The van der Waals surface area contributed by atoms with Crippen LogP contribution in [0, 0.1) is 19.1 Å². The maximum absolute atomic E-state index is 7.21. The van der Waals surface area contributed by atoms with Crippen LogP contribution in [0.3, 0.4) is 0 Å². The Labute approximate surface area is 504 Å². The summed E-state index contributed by atoms with van der Waals surface area (Å²) < 4.78 is 19.1. The first-order valence-electron chi connectivity index (χ1n) is 29.1. The van der Waals surface area contributed by atoms with Gasteiger partial charge in [0, 0.05) is 39.3 Å². The van der Waals surface area contributed by atoms with Crippen LogP contribution >= 0.6 is 0 Å². The van der Waals surface area contributed by atoms with Gasteiger partial charge in [-0.3, -0.25) is 15.0 Å². The number of ether oxygens (including phenoxy) is 1. The summed E-state index contributed by atoms with van der Waals surface area (Å²) in [6.07, 6.45) is 0. The number of pyridine rings is 1. The van der Waals surface area contributed by atoms with Crippen LogP contribution in [-0.2, 0) is 21.1 Å². The van der Waals surface area contributed by atoms with Gasteiger partial charge >= 0.3 is 21.1 Å². The van der Waals surface area contributed by atoms with E-state index in [9.17, 15) is 0 Å². The minimum absolute atomic E-state index is 0. The maximum Gasteiger partial charge on any atom is 2.00 e. The van der Waals surface area contributed by atoms with Crippen LogP contribution < -0.4 is 4.74 Å². The fourth-order valence-corrected chi connectivity index (χ4v) is 12.4. The summed E-state index contributed by atoms with van der Waals surface area (Å²) in [5, 5.41) is 5.08. The van der Waals surface area contributed by atoms with Gasteiger partial charge in [0.05, 0.1) is 44.8 Å². The predicted octanol–water partition coefficient (Wildman–Crippen LogP) is 20.8. The Bertz CT molecular complexity index is 4800. The summed E-state index contributed by atoms with van der Waals surface area (Å²) in [5.74, 6) is 3.29. The molecule has 0 unspecified atom stereocenters. The predicted molar refractivity (Wildman–Crippen MR) is 343 cm³/mol. The molecule has 7 nitrogen and oxygen atoms in total. The van der Waals surface area contributed by atoms with Gasteiger partial charge in [-0.25, -0.2) is 0 Å². The molecule has 14 aromatic rings. The van der Waals surface area contributed by atoms with E-state index in [1.165, 1.54) is 44.5 Å². The second kappa shape index (κ2) is 21.7. The Morgan fingerprint density at radius 1 is 0.417 bits per heavy atom. The first kappa shape index (κ1) is 54.4. The Morgan fingerprint density at radius 2 is 0.952 bits per heavy atom. The molecule has 0 fully saturated rings. The second-order valence-electron chi connectivity index (χ2n) is 23.4. The Kier molecular flexibility index (Phi) is 14.0. The normalized spacial score (nSPS) is 12.0. The standard InChI is InChI=1S/C76H63N5O2.Pt/c1-44(2)58-37-53(49-21-12-10-13-22-49)38-59(45(3)4)72(58)80-69-29-18-16-27-67(69)78-75(80)52-25-20-26-55(35-52)82-56-41-64-63-36-51-32-34-66-57(33-31-48(9)77-66)62(51)43-71(63)83-74(64)65(42-56)76-79-68-28-17-19-30-70(68)81(76)73-60(46(5)6)39-54(40-61(73)47(7)8)50-23-14-11-15-24-50;/h10-34,36-41,43-47H,1-9H3;/q-2;+2. The quantitative estimate of drug-likeness (QED) is 0.0900. The number of furan rings is 1. The molecular weight excluding hydrogens is 1210 g/mol. The van der Waals surface area contributed by atoms with Crippen LogP contribution in [0.1, 0.15) is 107 Å². The third-order valence-corrected chi connectivity index (χ3v) is 16.5. The van der Waals surface area contributed by atoms with Crippen molar-refractivity contribution in [2.45, 2.75) is 86.0 Å². The van der Waals surface area contributed by atoms with Crippen LogP contribution in [0.2, 0.25) is 0 Å². The molecule has 4 aromatic heterocycles. The number of benzene rings is 10. The number of para-hydroxylation sites is 4. The molecule has 0 spiro atoms. The fraction of sp³-hybridized carbons (Fsp3) is 0.171. The van der Waals surface area contributed by atoms with Crippen LogP contribution in [0.4, 0.5) is 0 Å². The van der Waals surface area contributed by atoms with Gasteiger partial charge in [-0.1, -0.05) is 182 Å². The Balaban J connectivity index is 0.00000658. The van der Waals surface area contributed by atoms with E-state index in [0.717, 1.165) is 88.6 Å². The molecule has 0 amide bonds. The van der Waals surface area contributed by atoms with E-state index in [-0.39, 0.29) is 44.7 Å². The van der Waals surface area contributed by atoms with E-state index in [4.69, 9.17) is 24.1 Å². The first-order valence-corrected chi connectivity index (χ1v) is 29.1. The van der Waals surface area contributed by atoms with E-state index in [0.29, 0.717) is 28.5 Å². The van der Waals surface area contributed by atoms with Crippen molar-refractivity contribution in [3.05, 3.63) is 234 Å². The molecule has 0 saturated heterocycles. The number of hydrogen-bond donors (Lipinski definition) is 0. The van der Waals surface area contributed by atoms with Crippen molar-refractivity contribution in [1.82, 2.24) is 24.1 Å². The third kappa shape index (κ3) is 9.40. The summed E-state index contributed by atoms with van der Waals surface area (Å²) in [7, 11) is 0. The van der Waals surface area contributed by atoms with Gasteiger partial charge in [-0.15, -0.1) is 23.8 Å². The molecular formula is C76H63N5O2Pt. The average Bonchev–Trinajstić information content (AvgIpc) is 2.09. The molecule has 414 valence electrons. The minimum atomic E-state index is 0. The third-order valence-electron chi connectivity index (χ3n) is 16.5. The topological polar surface area (TPSA) is 70.9 Å². The van der Waals surface area contributed by atoms with Gasteiger partial charge < -0.3 is 18.3 Å². The van der Waals surface area contributed by atoms with Crippen molar-refractivity contribution in [2.75, 3.05) is 0 Å². The number of imidazole rings is 2. The van der Waals surface area contributed by atoms with E-state index in [2.05, 4.69) is 259 Å². The van der Waals surface area contributed by atoms with Gasteiger partial charge in [0.25, 0.3) is 0 Å². The first-order chi connectivity index (χ1) is 40.3. The zero-order chi connectivity index (χ0) is 56.8. The number of fused-ring (bicyclic) bond motifs is 8. The molecule has 10 aromatic carbocycles. The summed E-state index contributed by atoms with van der Waals surface area (Å²) >= 11 is 0. The van der Waals surface area contributed by atoms with Gasteiger partial charge in [0.1, 0.15) is 5.58 Å². The number of nitrogens with zero attached hydrogens (tertiary/aromatic N) is 5. The zero-order valence-corrected chi connectivity index (χ0v) is 50.9. The number of aromatic nitrogens is 5. The monoisotopic (exact) mass is 1270 g/mol. The molecule has 0 saturated carbocycles. The van der Waals surface area contributed by atoms with Crippen molar-refractivity contribution in [1.29, 1.82) is 0 Å².